The van der Waals surface area contributed by atoms with Crippen LogP contribution in [0.15, 0.2) is 60.9 Å². The van der Waals surface area contributed by atoms with E-state index in [1.807, 2.05) is 30.5 Å². The molecule has 2 aromatic heterocycles. The number of H-pyrrole nitrogens is 1. The monoisotopic (exact) mass is 372 g/mol. The van der Waals surface area contributed by atoms with E-state index >= 15 is 0 Å². The number of carbonyl (C=O) groups is 1. The minimum atomic E-state index is 0.0177. The number of nitrogens with one attached hydrogen (secondary N) is 3. The maximum absolute atomic E-state index is 11.5. The number of hydrogen-bond donors (Lipinski definition) is 3. The quantitative estimate of drug-likeness (QED) is 0.425. The molecule has 0 aliphatic heterocycles. The van der Waals surface area contributed by atoms with Gasteiger partial charge in [0.1, 0.15) is 0 Å². The molecule has 140 valence electrons. The van der Waals surface area contributed by atoms with Crippen LogP contribution in [0.4, 0.5) is 17.5 Å². The van der Waals surface area contributed by atoms with Crippen LogP contribution in [-0.4, -0.2) is 32.5 Å². The third-order valence-corrected chi connectivity index (χ3v) is 4.45. The van der Waals surface area contributed by atoms with E-state index in [4.69, 9.17) is 0 Å². The molecule has 0 aliphatic rings. The van der Waals surface area contributed by atoms with E-state index in [2.05, 4.69) is 42.9 Å². The second-order valence-corrected chi connectivity index (χ2v) is 6.46. The first kappa shape index (κ1) is 17.7. The fraction of sp³-hybridized carbons (Fsp3) is 0.143. The number of Topliss-reactive ketones (excluding diaryl/α,β-unsaturated/α-hetero) is 1. The number of aromatic nitrogens is 4. The van der Waals surface area contributed by atoms with Crippen LogP contribution in [0.5, 0.6) is 0 Å². The minimum Gasteiger partial charge on any atom is -0.361 e. The average Bonchev–Trinajstić information content (AvgIpc) is 3.12. The van der Waals surface area contributed by atoms with Gasteiger partial charge >= 0.3 is 0 Å². The van der Waals surface area contributed by atoms with Crippen LogP contribution >= 0.6 is 0 Å². The van der Waals surface area contributed by atoms with Gasteiger partial charge in [0, 0.05) is 34.9 Å². The Morgan fingerprint density at radius 1 is 1.14 bits per heavy atom. The van der Waals surface area contributed by atoms with E-state index in [-0.39, 0.29) is 5.78 Å². The highest BCUT2D eigenvalue weighted by atomic mass is 16.1. The van der Waals surface area contributed by atoms with Gasteiger partial charge in [-0.05, 0) is 37.1 Å². The van der Waals surface area contributed by atoms with E-state index < -0.39 is 0 Å². The van der Waals surface area contributed by atoms with Crippen LogP contribution < -0.4 is 10.6 Å². The topological polar surface area (TPSA) is 95.6 Å². The molecule has 2 heterocycles. The van der Waals surface area contributed by atoms with E-state index in [1.54, 1.807) is 25.3 Å². The minimum absolute atomic E-state index is 0.0177. The molecule has 0 saturated heterocycles. The number of aromatic amines is 1. The van der Waals surface area contributed by atoms with Crippen molar-refractivity contribution in [2.24, 2.45) is 0 Å². The first-order valence-electron chi connectivity index (χ1n) is 9.05. The Kier molecular flexibility index (Phi) is 4.97. The van der Waals surface area contributed by atoms with Crippen molar-refractivity contribution < 1.29 is 4.79 Å². The van der Waals surface area contributed by atoms with Gasteiger partial charge in [-0.3, -0.25) is 4.79 Å². The number of rotatable bonds is 7. The predicted octanol–water partition coefficient (Wildman–Crippen LogP) is 3.95. The lowest BCUT2D eigenvalue weighted by molar-refractivity contribution is 0.101. The summed E-state index contributed by atoms with van der Waals surface area (Å²) in [6, 6.07) is 15.5. The number of carbonyl (C=O) groups excluding carboxylic acids is 1. The van der Waals surface area contributed by atoms with Crippen molar-refractivity contribution in [1.82, 2.24) is 20.2 Å². The molecule has 0 amide bonds. The summed E-state index contributed by atoms with van der Waals surface area (Å²) >= 11 is 0. The fourth-order valence-corrected chi connectivity index (χ4v) is 3.05. The normalized spacial score (nSPS) is 10.8. The SMILES string of the molecule is CC(=O)c1cccc(Nc2cnnc(NCCc3c[nH]c4ccccc34)n2)c1. The van der Waals surface area contributed by atoms with Crippen molar-refractivity contribution >= 4 is 34.1 Å². The number of anilines is 3. The number of benzene rings is 2. The van der Waals surface area contributed by atoms with Crippen molar-refractivity contribution in [3.63, 3.8) is 0 Å². The lowest BCUT2D eigenvalue weighted by atomic mass is 10.1. The lowest BCUT2D eigenvalue weighted by Gasteiger charge is -2.08. The molecule has 0 atom stereocenters. The predicted molar refractivity (Wildman–Crippen MR) is 110 cm³/mol. The second kappa shape index (κ2) is 7.87. The van der Waals surface area contributed by atoms with Crippen LogP contribution in [-0.2, 0) is 6.42 Å². The number of hydrogen-bond acceptors (Lipinski definition) is 6. The average molecular weight is 372 g/mol. The highest BCUT2D eigenvalue weighted by molar-refractivity contribution is 5.95. The van der Waals surface area contributed by atoms with Gasteiger partial charge in [-0.2, -0.15) is 10.1 Å². The fourth-order valence-electron chi connectivity index (χ4n) is 3.05. The van der Waals surface area contributed by atoms with Gasteiger partial charge in [0.15, 0.2) is 11.6 Å². The van der Waals surface area contributed by atoms with Gasteiger partial charge in [-0.25, -0.2) is 0 Å². The van der Waals surface area contributed by atoms with Crippen molar-refractivity contribution in [3.8, 4) is 0 Å². The number of para-hydroxylation sites is 1. The zero-order valence-electron chi connectivity index (χ0n) is 15.4. The Bertz CT molecular complexity index is 1120. The third-order valence-electron chi connectivity index (χ3n) is 4.45. The summed E-state index contributed by atoms with van der Waals surface area (Å²) in [6.07, 6.45) is 4.42. The lowest BCUT2D eigenvalue weighted by Crippen LogP contribution is -2.09. The Labute approximate surface area is 162 Å². The van der Waals surface area contributed by atoms with Gasteiger partial charge in [0.05, 0.1) is 6.20 Å². The van der Waals surface area contributed by atoms with Crippen LogP contribution in [0.25, 0.3) is 10.9 Å². The van der Waals surface area contributed by atoms with Crippen molar-refractivity contribution in [3.05, 3.63) is 72.1 Å². The maximum Gasteiger partial charge on any atom is 0.244 e. The highest BCUT2D eigenvalue weighted by Crippen LogP contribution is 2.19. The summed E-state index contributed by atoms with van der Waals surface area (Å²) in [5.74, 6) is 1.03. The van der Waals surface area contributed by atoms with Gasteiger partial charge in [-0.1, -0.05) is 30.3 Å². The molecule has 0 bridgehead atoms. The van der Waals surface area contributed by atoms with Crippen LogP contribution in [0.1, 0.15) is 22.8 Å². The molecule has 7 nitrogen and oxygen atoms in total. The molecule has 0 aliphatic carbocycles. The Morgan fingerprint density at radius 2 is 2.04 bits per heavy atom. The molecule has 4 aromatic rings. The van der Waals surface area contributed by atoms with E-state index in [1.165, 1.54) is 10.9 Å². The smallest absolute Gasteiger partial charge is 0.244 e. The van der Waals surface area contributed by atoms with Gasteiger partial charge in [0.2, 0.25) is 5.95 Å². The van der Waals surface area contributed by atoms with Crippen LogP contribution in [0, 0.1) is 0 Å². The van der Waals surface area contributed by atoms with Crippen molar-refractivity contribution in [2.75, 3.05) is 17.2 Å². The first-order chi connectivity index (χ1) is 13.7. The Hall–Kier alpha value is -3.74. The molecule has 0 spiro atoms. The summed E-state index contributed by atoms with van der Waals surface area (Å²) in [6.45, 7) is 2.23. The number of fused-ring (bicyclic) bond motifs is 1. The summed E-state index contributed by atoms with van der Waals surface area (Å²) in [5, 5.41) is 15.6. The summed E-state index contributed by atoms with van der Waals surface area (Å²) < 4.78 is 0. The number of nitrogens with zero attached hydrogens (tertiary/aromatic N) is 3. The summed E-state index contributed by atoms with van der Waals surface area (Å²) in [5.41, 5.74) is 3.79. The molecule has 0 saturated carbocycles. The molecular formula is C21H20N6O. The molecule has 3 N–H and O–H groups in total. The molecule has 0 fully saturated rings. The Morgan fingerprint density at radius 3 is 2.93 bits per heavy atom. The molecule has 2 aromatic carbocycles. The largest absolute Gasteiger partial charge is 0.361 e. The third kappa shape index (κ3) is 3.98. The zero-order valence-corrected chi connectivity index (χ0v) is 15.4. The zero-order chi connectivity index (χ0) is 19.3. The van der Waals surface area contributed by atoms with E-state index in [0.717, 1.165) is 17.6 Å². The molecule has 0 unspecified atom stereocenters. The standard InChI is InChI=1S/C21H20N6O/c1-14(28)15-5-4-6-17(11-15)25-20-13-24-27-21(26-20)22-10-9-16-12-23-19-8-3-2-7-18(16)19/h2-8,11-13,23H,9-10H2,1H3,(H2,22,25,26,27). The highest BCUT2D eigenvalue weighted by Gasteiger charge is 2.05. The van der Waals surface area contributed by atoms with Crippen LogP contribution in [0.2, 0.25) is 0 Å². The summed E-state index contributed by atoms with van der Waals surface area (Å²) in [7, 11) is 0. The number of ketones is 1. The second-order valence-electron chi connectivity index (χ2n) is 6.46. The molecule has 7 heteroatoms. The Balaban J connectivity index is 1.40. The van der Waals surface area contributed by atoms with Gasteiger partial charge < -0.3 is 15.6 Å². The van der Waals surface area contributed by atoms with Crippen molar-refractivity contribution in [2.45, 2.75) is 13.3 Å². The maximum atomic E-state index is 11.5. The van der Waals surface area contributed by atoms with Crippen molar-refractivity contribution in [1.29, 1.82) is 0 Å². The molecular weight excluding hydrogens is 352 g/mol. The van der Waals surface area contributed by atoms with E-state index in [0.29, 0.717) is 23.9 Å². The van der Waals surface area contributed by atoms with Crippen LogP contribution in [0.3, 0.4) is 0 Å². The first-order valence-corrected chi connectivity index (χ1v) is 9.05. The molecule has 4 rings (SSSR count). The summed E-state index contributed by atoms with van der Waals surface area (Å²) in [4.78, 5) is 19.2. The molecule has 0 radical (unpaired) electrons. The molecule has 28 heavy (non-hydrogen) atoms. The van der Waals surface area contributed by atoms with Gasteiger partial charge in [0.25, 0.3) is 0 Å². The van der Waals surface area contributed by atoms with E-state index in [9.17, 15) is 4.79 Å². The van der Waals surface area contributed by atoms with Gasteiger partial charge in [-0.15, -0.1) is 5.10 Å².